The molecule has 4 heterocycles. The lowest BCUT2D eigenvalue weighted by Gasteiger charge is -2.34. The fraction of sp³-hybridized carbons (Fsp3) is 0.432. The van der Waals surface area contributed by atoms with Crippen molar-refractivity contribution in [1.82, 2.24) is 15.1 Å². The monoisotopic (exact) mass is 640 g/mol. The molecule has 3 aromatic rings. The van der Waals surface area contributed by atoms with Gasteiger partial charge in [-0.1, -0.05) is 60.7 Å². The summed E-state index contributed by atoms with van der Waals surface area (Å²) < 4.78 is 16.0. The van der Waals surface area contributed by atoms with Crippen LogP contribution < -0.4 is 10.2 Å². The van der Waals surface area contributed by atoms with Gasteiger partial charge in [-0.25, -0.2) is 14.4 Å². The first-order chi connectivity index (χ1) is 23.0. The number of rotatable bonds is 7. The molecule has 0 radical (unpaired) electrons. The van der Waals surface area contributed by atoms with E-state index in [-0.39, 0.29) is 30.2 Å². The third-order valence-corrected chi connectivity index (χ3v) is 9.45. The first kappa shape index (κ1) is 32.4. The van der Waals surface area contributed by atoms with E-state index in [4.69, 9.17) is 14.2 Å². The maximum atomic E-state index is 12.6. The van der Waals surface area contributed by atoms with Crippen molar-refractivity contribution in [2.75, 3.05) is 37.7 Å². The molecule has 1 N–H and O–H groups in total. The summed E-state index contributed by atoms with van der Waals surface area (Å²) >= 11 is 0. The van der Waals surface area contributed by atoms with E-state index in [2.05, 4.69) is 10.2 Å². The number of likely N-dealkylation sites (tertiary alicyclic amines) is 2. The Morgan fingerprint density at radius 2 is 1.30 bits per heavy atom. The minimum absolute atomic E-state index is 0.171. The second-order valence-electron chi connectivity index (χ2n) is 12.5. The number of benzene rings is 3. The summed E-state index contributed by atoms with van der Waals surface area (Å²) in [7, 11) is 0. The molecule has 2 amide bonds. The molecule has 4 aliphatic heterocycles. The second-order valence-corrected chi connectivity index (χ2v) is 12.5. The second kappa shape index (κ2) is 15.3. The maximum absolute atomic E-state index is 12.6. The molecule has 10 nitrogen and oxygen atoms in total. The molecule has 4 bridgehead atoms. The van der Waals surface area contributed by atoms with Crippen LogP contribution in [0.25, 0.3) is 0 Å². The Hall–Kier alpha value is -4.57. The van der Waals surface area contributed by atoms with Crippen LogP contribution in [-0.2, 0) is 27.4 Å². The first-order valence-corrected chi connectivity index (χ1v) is 16.7. The number of ether oxygens (including phenoxy) is 3. The number of piperidine rings is 2. The highest BCUT2D eigenvalue weighted by Gasteiger charge is 2.42. The van der Waals surface area contributed by atoms with Crippen LogP contribution in [0, 0.1) is 0 Å². The number of amides is 2. The van der Waals surface area contributed by atoms with E-state index in [0.29, 0.717) is 44.0 Å². The molecule has 3 aromatic carbocycles. The van der Waals surface area contributed by atoms with Crippen molar-refractivity contribution in [1.29, 1.82) is 0 Å². The zero-order chi connectivity index (χ0) is 32.6. The Balaban J connectivity index is 0.000000183. The number of carbonyl (C=O) groups excluding carboxylic acids is 3. The molecule has 0 spiro atoms. The third-order valence-electron chi connectivity index (χ3n) is 9.45. The van der Waals surface area contributed by atoms with Crippen LogP contribution >= 0.6 is 0 Å². The van der Waals surface area contributed by atoms with Gasteiger partial charge in [-0.2, -0.15) is 0 Å². The van der Waals surface area contributed by atoms with E-state index in [1.165, 1.54) is 0 Å². The van der Waals surface area contributed by atoms with Gasteiger partial charge in [0.25, 0.3) is 0 Å². The lowest BCUT2D eigenvalue weighted by Crippen LogP contribution is -2.40. The van der Waals surface area contributed by atoms with Gasteiger partial charge in [-0.3, -0.25) is 0 Å². The molecular formula is C37H44N4O6. The maximum Gasteiger partial charge on any atom is 0.410 e. The third kappa shape index (κ3) is 8.05. The normalized spacial score (nSPS) is 22.6. The number of hydrogen-bond acceptors (Lipinski definition) is 8. The summed E-state index contributed by atoms with van der Waals surface area (Å²) in [5.41, 5.74) is 3.65. The SMILES string of the molecule is CCOC(=O)c1ccc(N2CCC3CC2CN3C(=O)OCc2ccccc2)cc1.O=C(OCc1ccccc1)N1CC2CC1CCN2. The largest absolute Gasteiger partial charge is 0.462 e. The van der Waals surface area contributed by atoms with Crippen LogP contribution in [0.2, 0.25) is 0 Å². The van der Waals surface area contributed by atoms with Crippen molar-refractivity contribution in [3.05, 3.63) is 102 Å². The average molecular weight is 641 g/mol. The molecule has 4 unspecified atom stereocenters. The average Bonchev–Trinajstić information content (AvgIpc) is 3.61. The molecule has 4 aliphatic rings. The van der Waals surface area contributed by atoms with Gasteiger partial charge < -0.3 is 34.2 Å². The highest BCUT2D eigenvalue weighted by atomic mass is 16.6. The summed E-state index contributed by atoms with van der Waals surface area (Å²) in [5.74, 6) is -0.300. The lowest BCUT2D eigenvalue weighted by atomic mass is 10.0. The number of fused-ring (bicyclic) bond motifs is 4. The zero-order valence-corrected chi connectivity index (χ0v) is 27.0. The predicted molar refractivity (Wildman–Crippen MR) is 178 cm³/mol. The number of nitrogens with zero attached hydrogens (tertiary/aromatic N) is 3. The van der Waals surface area contributed by atoms with Crippen molar-refractivity contribution in [3.63, 3.8) is 0 Å². The Morgan fingerprint density at radius 3 is 1.89 bits per heavy atom. The Labute approximate surface area is 276 Å². The van der Waals surface area contributed by atoms with E-state index in [1.54, 1.807) is 19.1 Å². The lowest BCUT2D eigenvalue weighted by molar-refractivity contribution is 0.0526. The van der Waals surface area contributed by atoms with Gasteiger partial charge in [0.2, 0.25) is 0 Å². The highest BCUT2D eigenvalue weighted by molar-refractivity contribution is 5.89. The predicted octanol–water partition coefficient (Wildman–Crippen LogP) is 5.61. The van der Waals surface area contributed by atoms with Crippen LogP contribution in [0.15, 0.2) is 84.9 Å². The van der Waals surface area contributed by atoms with Gasteiger partial charge in [-0.15, -0.1) is 0 Å². The van der Waals surface area contributed by atoms with Crippen molar-refractivity contribution in [2.24, 2.45) is 0 Å². The van der Waals surface area contributed by atoms with Crippen molar-refractivity contribution in [2.45, 2.75) is 70.0 Å². The Kier molecular flexibility index (Phi) is 10.6. The summed E-state index contributed by atoms with van der Waals surface area (Å²) in [6.07, 6.45) is 3.56. The standard InChI is InChI=1S/C23H26N2O4.C14H18N2O2/c1-2-28-22(26)18-8-10-19(11-9-18)24-13-12-20-14-21(24)15-25(20)23(27)29-16-17-6-4-3-5-7-17;17-14(18-10-11-4-2-1-3-5-11)16-9-12-8-13(16)6-7-15-12/h3-11,20-21H,2,12-16H2,1H3;1-5,12-13,15H,6-10H2. The number of hydrogen-bond donors (Lipinski definition) is 1. The van der Waals surface area contributed by atoms with E-state index < -0.39 is 0 Å². The number of esters is 1. The van der Waals surface area contributed by atoms with Gasteiger partial charge in [-0.05, 0) is 74.5 Å². The Morgan fingerprint density at radius 1 is 0.702 bits per heavy atom. The molecule has 4 saturated heterocycles. The molecule has 0 aromatic heterocycles. The molecule has 4 fully saturated rings. The van der Waals surface area contributed by atoms with Crippen molar-refractivity contribution >= 4 is 23.8 Å². The van der Waals surface area contributed by atoms with E-state index in [1.807, 2.05) is 82.6 Å². The van der Waals surface area contributed by atoms with Crippen molar-refractivity contribution < 1.29 is 28.6 Å². The van der Waals surface area contributed by atoms with Gasteiger partial charge >= 0.3 is 18.2 Å². The molecule has 0 aliphatic carbocycles. The van der Waals surface area contributed by atoms with Gasteiger partial charge in [0, 0.05) is 49.5 Å². The van der Waals surface area contributed by atoms with Crippen LogP contribution in [0.5, 0.6) is 0 Å². The zero-order valence-electron chi connectivity index (χ0n) is 27.0. The fourth-order valence-electron chi connectivity index (χ4n) is 7.05. The van der Waals surface area contributed by atoms with Gasteiger partial charge in [0.15, 0.2) is 0 Å². The molecule has 4 atom stereocenters. The quantitative estimate of drug-likeness (QED) is 0.263. The summed E-state index contributed by atoms with van der Waals surface area (Å²) in [4.78, 5) is 42.6. The molecule has 10 heteroatoms. The molecule has 248 valence electrons. The van der Waals surface area contributed by atoms with Gasteiger partial charge in [0.05, 0.1) is 12.2 Å². The summed E-state index contributed by atoms with van der Waals surface area (Å²) in [6, 6.07) is 28.4. The molecule has 7 rings (SSSR count). The molecular weight excluding hydrogens is 596 g/mol. The minimum Gasteiger partial charge on any atom is -0.462 e. The summed E-state index contributed by atoms with van der Waals surface area (Å²) in [5, 5.41) is 3.42. The van der Waals surface area contributed by atoms with Crippen LogP contribution in [0.1, 0.15) is 54.1 Å². The smallest absolute Gasteiger partial charge is 0.410 e. The van der Waals surface area contributed by atoms with E-state index in [0.717, 1.165) is 62.1 Å². The van der Waals surface area contributed by atoms with Gasteiger partial charge in [0.1, 0.15) is 13.2 Å². The van der Waals surface area contributed by atoms with Crippen LogP contribution in [-0.4, -0.2) is 84.9 Å². The minimum atomic E-state index is -0.300. The Bertz CT molecular complexity index is 1490. The van der Waals surface area contributed by atoms with Crippen molar-refractivity contribution in [3.8, 4) is 0 Å². The topological polar surface area (TPSA) is 101 Å². The number of anilines is 1. The number of carbonyl (C=O) groups is 3. The van der Waals surface area contributed by atoms with E-state index >= 15 is 0 Å². The van der Waals surface area contributed by atoms with E-state index in [9.17, 15) is 14.4 Å². The van der Waals surface area contributed by atoms with Crippen LogP contribution in [0.3, 0.4) is 0 Å². The molecule has 0 saturated carbocycles. The summed E-state index contributed by atoms with van der Waals surface area (Å²) in [6.45, 7) is 6.18. The first-order valence-electron chi connectivity index (χ1n) is 16.7. The number of nitrogens with one attached hydrogen (secondary N) is 1. The van der Waals surface area contributed by atoms with Crippen LogP contribution in [0.4, 0.5) is 15.3 Å². The highest BCUT2D eigenvalue weighted by Crippen LogP contribution is 2.34. The fourth-order valence-corrected chi connectivity index (χ4v) is 7.05. The molecule has 47 heavy (non-hydrogen) atoms.